The van der Waals surface area contributed by atoms with Crippen molar-refractivity contribution in [3.63, 3.8) is 0 Å². The van der Waals surface area contributed by atoms with Crippen LogP contribution in [0.4, 0.5) is 4.79 Å². The highest BCUT2D eigenvalue weighted by atomic mass is 16.2. The number of amides is 3. The molecule has 1 unspecified atom stereocenters. The van der Waals surface area contributed by atoms with Gasteiger partial charge in [-0.15, -0.1) is 0 Å². The van der Waals surface area contributed by atoms with Gasteiger partial charge in [-0.25, -0.2) is 9.78 Å². The third-order valence-corrected chi connectivity index (χ3v) is 3.37. The second-order valence-corrected chi connectivity index (χ2v) is 4.45. The van der Waals surface area contributed by atoms with Crippen LogP contribution in [0.1, 0.15) is 24.7 Å². The first-order chi connectivity index (χ1) is 8.22. The van der Waals surface area contributed by atoms with Crippen LogP contribution in [0.2, 0.25) is 0 Å². The Balaban J connectivity index is 1.91. The Morgan fingerprint density at radius 3 is 3.12 bits per heavy atom. The molecule has 1 atom stereocenters. The third kappa shape index (κ3) is 1.36. The van der Waals surface area contributed by atoms with Crippen molar-refractivity contribution in [1.82, 2.24) is 19.8 Å². The highest BCUT2D eigenvalue weighted by Gasteiger charge is 2.47. The van der Waals surface area contributed by atoms with Crippen molar-refractivity contribution >= 4 is 11.9 Å². The SMILES string of the molecule is CCCN1C(=O)C2Cc3nc[nH]c3CN2C1=O. The molecule has 6 nitrogen and oxygen atoms in total. The van der Waals surface area contributed by atoms with Gasteiger partial charge >= 0.3 is 6.03 Å². The third-order valence-electron chi connectivity index (χ3n) is 3.37. The van der Waals surface area contributed by atoms with Gasteiger partial charge in [-0.05, 0) is 6.42 Å². The van der Waals surface area contributed by atoms with E-state index in [2.05, 4.69) is 9.97 Å². The van der Waals surface area contributed by atoms with E-state index in [0.717, 1.165) is 17.8 Å². The lowest BCUT2D eigenvalue weighted by atomic mass is 10.0. The van der Waals surface area contributed by atoms with Crippen LogP contribution in [0.5, 0.6) is 0 Å². The van der Waals surface area contributed by atoms with Crippen molar-refractivity contribution < 1.29 is 9.59 Å². The van der Waals surface area contributed by atoms with Crippen molar-refractivity contribution in [3.05, 3.63) is 17.7 Å². The number of carbonyl (C=O) groups excluding carboxylic acids is 2. The number of urea groups is 1. The zero-order chi connectivity index (χ0) is 12.0. The Hall–Kier alpha value is -1.85. The van der Waals surface area contributed by atoms with Crippen LogP contribution in [-0.4, -0.2) is 44.3 Å². The Morgan fingerprint density at radius 2 is 2.35 bits per heavy atom. The Labute approximate surface area is 98.6 Å². The molecule has 90 valence electrons. The van der Waals surface area contributed by atoms with E-state index >= 15 is 0 Å². The van der Waals surface area contributed by atoms with Crippen molar-refractivity contribution in [2.24, 2.45) is 0 Å². The number of nitrogens with zero attached hydrogens (tertiary/aromatic N) is 3. The van der Waals surface area contributed by atoms with E-state index in [4.69, 9.17) is 0 Å². The Kier molecular flexibility index (Phi) is 2.17. The van der Waals surface area contributed by atoms with Gasteiger partial charge in [0.2, 0.25) is 0 Å². The largest absolute Gasteiger partial charge is 0.347 e. The maximum Gasteiger partial charge on any atom is 0.327 e. The monoisotopic (exact) mass is 234 g/mol. The van der Waals surface area contributed by atoms with Gasteiger partial charge < -0.3 is 9.88 Å². The summed E-state index contributed by atoms with van der Waals surface area (Å²) in [6, 6.07) is -0.507. The minimum atomic E-state index is -0.343. The quantitative estimate of drug-likeness (QED) is 0.758. The number of aromatic amines is 1. The number of carbonyl (C=O) groups is 2. The molecule has 3 amide bonds. The summed E-state index contributed by atoms with van der Waals surface area (Å²) in [5, 5.41) is 0. The molecule has 1 N–H and O–H groups in total. The van der Waals surface area contributed by atoms with E-state index in [0.29, 0.717) is 19.5 Å². The summed E-state index contributed by atoms with van der Waals surface area (Å²) in [6.45, 7) is 2.93. The first-order valence-corrected chi connectivity index (χ1v) is 5.85. The van der Waals surface area contributed by atoms with Crippen LogP contribution in [0.15, 0.2) is 6.33 Å². The molecule has 0 aliphatic carbocycles. The molecule has 17 heavy (non-hydrogen) atoms. The molecule has 0 saturated carbocycles. The molecule has 0 aromatic carbocycles. The molecule has 1 saturated heterocycles. The molecule has 6 heteroatoms. The van der Waals surface area contributed by atoms with Gasteiger partial charge in [0.25, 0.3) is 5.91 Å². The van der Waals surface area contributed by atoms with Crippen LogP contribution >= 0.6 is 0 Å². The van der Waals surface area contributed by atoms with Crippen LogP contribution < -0.4 is 0 Å². The number of hydrogen-bond acceptors (Lipinski definition) is 3. The first-order valence-electron chi connectivity index (χ1n) is 5.85. The van der Waals surface area contributed by atoms with Gasteiger partial charge in [0.05, 0.1) is 24.3 Å². The average molecular weight is 234 g/mol. The minimum absolute atomic E-state index is 0.0782. The maximum absolute atomic E-state index is 12.1. The van der Waals surface area contributed by atoms with Crippen molar-refractivity contribution in [1.29, 1.82) is 0 Å². The van der Waals surface area contributed by atoms with Crippen molar-refractivity contribution in [2.45, 2.75) is 32.4 Å². The Bertz CT molecular complexity index is 443. The summed E-state index contributed by atoms with van der Waals surface area (Å²) < 4.78 is 0. The van der Waals surface area contributed by atoms with E-state index in [1.54, 1.807) is 11.2 Å². The van der Waals surface area contributed by atoms with Gasteiger partial charge in [0, 0.05) is 13.0 Å². The zero-order valence-electron chi connectivity index (χ0n) is 9.64. The fraction of sp³-hybridized carbons (Fsp3) is 0.545. The molecule has 1 aromatic heterocycles. The second-order valence-electron chi connectivity index (χ2n) is 4.45. The molecule has 1 fully saturated rings. The van der Waals surface area contributed by atoms with Gasteiger partial charge in [-0.1, -0.05) is 6.92 Å². The number of rotatable bonds is 2. The fourth-order valence-corrected chi connectivity index (χ4v) is 2.52. The molecule has 1 aromatic rings. The predicted octanol–water partition coefficient (Wildman–Crippen LogP) is 0.509. The number of imide groups is 1. The summed E-state index contributed by atoms with van der Waals surface area (Å²) in [5.41, 5.74) is 1.85. The number of fused-ring (bicyclic) bond motifs is 2. The molecule has 0 radical (unpaired) electrons. The van der Waals surface area contributed by atoms with Crippen LogP contribution in [0, 0.1) is 0 Å². The van der Waals surface area contributed by atoms with E-state index in [1.807, 2.05) is 6.92 Å². The minimum Gasteiger partial charge on any atom is -0.347 e. The van der Waals surface area contributed by atoms with Crippen LogP contribution in [0.25, 0.3) is 0 Å². The molecule has 3 heterocycles. The lowest BCUT2D eigenvalue weighted by molar-refractivity contribution is -0.128. The number of H-pyrrole nitrogens is 1. The summed E-state index contributed by atoms with van der Waals surface area (Å²) in [7, 11) is 0. The lowest BCUT2D eigenvalue weighted by Crippen LogP contribution is -2.40. The molecule has 2 aliphatic heterocycles. The number of imidazole rings is 1. The van der Waals surface area contributed by atoms with Crippen molar-refractivity contribution in [3.8, 4) is 0 Å². The topological polar surface area (TPSA) is 69.3 Å². The number of aromatic nitrogens is 2. The van der Waals surface area contributed by atoms with E-state index in [-0.39, 0.29) is 18.0 Å². The summed E-state index contributed by atoms with van der Waals surface area (Å²) >= 11 is 0. The lowest BCUT2D eigenvalue weighted by Gasteiger charge is -2.25. The molecule has 0 bridgehead atoms. The zero-order valence-corrected chi connectivity index (χ0v) is 9.64. The van der Waals surface area contributed by atoms with E-state index < -0.39 is 0 Å². The maximum atomic E-state index is 12.1. The molecule has 0 spiro atoms. The number of nitrogens with one attached hydrogen (secondary N) is 1. The fourth-order valence-electron chi connectivity index (χ4n) is 2.52. The normalized spacial score (nSPS) is 23.0. The van der Waals surface area contributed by atoms with E-state index in [1.165, 1.54) is 4.90 Å². The van der Waals surface area contributed by atoms with Gasteiger partial charge in [-0.2, -0.15) is 0 Å². The van der Waals surface area contributed by atoms with Gasteiger partial charge in [-0.3, -0.25) is 9.69 Å². The van der Waals surface area contributed by atoms with Gasteiger partial charge in [0.1, 0.15) is 6.04 Å². The predicted molar refractivity (Wildman–Crippen MR) is 59.0 cm³/mol. The highest BCUT2D eigenvalue weighted by Crippen LogP contribution is 2.28. The molecule has 3 rings (SSSR count). The van der Waals surface area contributed by atoms with E-state index in [9.17, 15) is 9.59 Å². The Morgan fingerprint density at radius 1 is 1.53 bits per heavy atom. The highest BCUT2D eigenvalue weighted by molar-refractivity contribution is 6.04. The molecule has 2 aliphatic rings. The first kappa shape index (κ1) is 10.3. The van der Waals surface area contributed by atoms with Crippen LogP contribution in [-0.2, 0) is 17.8 Å². The smallest absolute Gasteiger partial charge is 0.327 e. The summed E-state index contributed by atoms with van der Waals surface area (Å²) in [5.74, 6) is -0.0782. The van der Waals surface area contributed by atoms with Crippen LogP contribution in [0.3, 0.4) is 0 Å². The molecular formula is C11H14N4O2. The van der Waals surface area contributed by atoms with Crippen molar-refractivity contribution in [2.75, 3.05) is 6.54 Å². The average Bonchev–Trinajstić information content (AvgIpc) is 2.87. The number of hydrogen-bond donors (Lipinski definition) is 1. The van der Waals surface area contributed by atoms with Gasteiger partial charge in [0.15, 0.2) is 0 Å². The molecular weight excluding hydrogens is 220 g/mol. The standard InChI is InChI=1S/C11H14N4O2/c1-2-3-14-10(16)9-4-7-8(13-6-12-7)5-15(9)11(14)17/h6,9H,2-5H2,1H3,(H,12,13). The summed E-state index contributed by atoms with van der Waals surface area (Å²) in [4.78, 5) is 34.4. The summed E-state index contributed by atoms with van der Waals surface area (Å²) in [6.07, 6.45) is 2.94. The second kappa shape index (κ2) is 3.58.